The van der Waals surface area contributed by atoms with Gasteiger partial charge in [0, 0.05) is 22.9 Å². The number of benzene rings is 1. The van der Waals surface area contributed by atoms with Gasteiger partial charge in [0.05, 0.1) is 14.4 Å². The number of thioether (sulfide) groups is 1. The van der Waals surface area contributed by atoms with Crippen LogP contribution >= 0.6 is 39.0 Å². The maximum Gasteiger partial charge on any atom is 0.268 e. The lowest BCUT2D eigenvalue weighted by Crippen LogP contribution is -2.35. The minimum Gasteiger partial charge on any atom is -0.399 e. The molecular formula is C13H11BrN2OS2. The van der Waals surface area contributed by atoms with Crippen LogP contribution in [0.25, 0.3) is 0 Å². The van der Waals surface area contributed by atoms with E-state index in [-0.39, 0.29) is 5.91 Å². The summed E-state index contributed by atoms with van der Waals surface area (Å²) >= 11 is 6.61. The Morgan fingerprint density at radius 3 is 2.89 bits per heavy atom. The topological polar surface area (TPSA) is 46.3 Å². The molecule has 0 bridgehead atoms. The Labute approximate surface area is 127 Å². The summed E-state index contributed by atoms with van der Waals surface area (Å²) in [6, 6.07) is 9.49. The molecule has 1 amide bonds. The van der Waals surface area contributed by atoms with Crippen molar-refractivity contribution in [3.05, 3.63) is 39.0 Å². The summed E-state index contributed by atoms with van der Waals surface area (Å²) in [5.74, 6) is 0.956. The number of hydrogen-bond acceptors (Lipinski definition) is 4. The number of carbonyl (C=O) groups excluding carboxylic acids is 1. The van der Waals surface area contributed by atoms with Crippen molar-refractivity contribution < 1.29 is 4.79 Å². The summed E-state index contributed by atoms with van der Waals surface area (Å²) < 4.78 is 0.968. The number of nitrogen functional groups attached to an aromatic ring is 1. The Morgan fingerprint density at radius 1 is 1.32 bits per heavy atom. The van der Waals surface area contributed by atoms with Gasteiger partial charge in [0.1, 0.15) is 0 Å². The van der Waals surface area contributed by atoms with Crippen molar-refractivity contribution in [2.75, 3.05) is 22.9 Å². The zero-order valence-corrected chi connectivity index (χ0v) is 13.1. The van der Waals surface area contributed by atoms with Crippen molar-refractivity contribution in [1.29, 1.82) is 0 Å². The van der Waals surface area contributed by atoms with Crippen LogP contribution in [0.3, 0.4) is 0 Å². The first-order chi connectivity index (χ1) is 9.15. The molecule has 0 saturated carbocycles. The molecule has 2 heterocycles. The van der Waals surface area contributed by atoms with Crippen molar-refractivity contribution in [2.45, 2.75) is 4.90 Å². The smallest absolute Gasteiger partial charge is 0.268 e. The molecule has 0 aliphatic carbocycles. The summed E-state index contributed by atoms with van der Waals surface area (Å²) in [7, 11) is 0. The van der Waals surface area contributed by atoms with Crippen LogP contribution < -0.4 is 10.6 Å². The van der Waals surface area contributed by atoms with E-state index in [1.54, 1.807) is 11.8 Å². The molecule has 6 heteroatoms. The van der Waals surface area contributed by atoms with E-state index in [4.69, 9.17) is 5.73 Å². The molecule has 2 N–H and O–H groups in total. The Morgan fingerprint density at radius 2 is 2.16 bits per heavy atom. The average Bonchev–Trinajstić information content (AvgIpc) is 2.84. The maximum absolute atomic E-state index is 12.6. The van der Waals surface area contributed by atoms with Crippen LogP contribution in [0.1, 0.15) is 9.67 Å². The number of rotatable bonds is 1. The molecule has 1 aliphatic rings. The molecule has 0 fully saturated rings. The van der Waals surface area contributed by atoms with E-state index in [0.717, 1.165) is 31.5 Å². The average molecular weight is 355 g/mol. The first-order valence-corrected chi connectivity index (χ1v) is 8.34. The second kappa shape index (κ2) is 5.19. The van der Waals surface area contributed by atoms with Gasteiger partial charge >= 0.3 is 0 Å². The Bertz CT molecular complexity index is 641. The summed E-state index contributed by atoms with van der Waals surface area (Å²) in [5, 5.41) is 0. The van der Waals surface area contributed by atoms with Crippen molar-refractivity contribution >= 4 is 56.3 Å². The molecular weight excluding hydrogens is 344 g/mol. The number of fused-ring (bicyclic) bond motifs is 1. The van der Waals surface area contributed by atoms with Gasteiger partial charge in [-0.3, -0.25) is 4.79 Å². The largest absolute Gasteiger partial charge is 0.399 e. The van der Waals surface area contributed by atoms with Gasteiger partial charge in [-0.25, -0.2) is 0 Å². The Hall–Kier alpha value is -0.980. The first-order valence-electron chi connectivity index (χ1n) is 5.74. The predicted octanol–water partition coefficient (Wildman–Crippen LogP) is 3.85. The van der Waals surface area contributed by atoms with Gasteiger partial charge in [0.25, 0.3) is 5.91 Å². The fraction of sp³-hybridized carbons (Fsp3) is 0.154. The fourth-order valence-electron chi connectivity index (χ4n) is 2.01. The molecule has 0 radical (unpaired) electrons. The summed E-state index contributed by atoms with van der Waals surface area (Å²) in [6.07, 6.45) is 0. The van der Waals surface area contributed by atoms with Gasteiger partial charge in [0.2, 0.25) is 0 Å². The quantitative estimate of drug-likeness (QED) is 0.791. The van der Waals surface area contributed by atoms with Crippen LogP contribution in [0.15, 0.2) is 39.0 Å². The lowest BCUT2D eigenvalue weighted by atomic mass is 10.2. The molecule has 3 nitrogen and oxygen atoms in total. The molecule has 0 spiro atoms. The van der Waals surface area contributed by atoms with E-state index in [2.05, 4.69) is 15.9 Å². The molecule has 0 atom stereocenters. The van der Waals surface area contributed by atoms with Crippen LogP contribution in [-0.2, 0) is 0 Å². The molecule has 3 rings (SSSR count). The second-order valence-electron chi connectivity index (χ2n) is 4.14. The minimum atomic E-state index is 0.0443. The zero-order valence-electron chi connectivity index (χ0n) is 9.93. The van der Waals surface area contributed by atoms with Crippen LogP contribution in [0.2, 0.25) is 0 Å². The third kappa shape index (κ3) is 2.52. The second-order valence-corrected chi connectivity index (χ2v) is 7.74. The highest BCUT2D eigenvalue weighted by Gasteiger charge is 2.25. The molecule has 1 aliphatic heterocycles. The third-order valence-corrected chi connectivity index (χ3v) is 5.53. The lowest BCUT2D eigenvalue weighted by Gasteiger charge is -2.28. The van der Waals surface area contributed by atoms with Crippen molar-refractivity contribution in [2.24, 2.45) is 0 Å². The Balaban J connectivity index is 1.99. The van der Waals surface area contributed by atoms with Crippen LogP contribution in [0.4, 0.5) is 11.4 Å². The van der Waals surface area contributed by atoms with Crippen LogP contribution in [-0.4, -0.2) is 18.2 Å². The fourth-order valence-corrected chi connectivity index (χ4v) is 4.32. The molecule has 1 aromatic heterocycles. The molecule has 98 valence electrons. The normalized spacial score (nSPS) is 14.3. The van der Waals surface area contributed by atoms with E-state index in [1.165, 1.54) is 11.3 Å². The number of carbonyl (C=O) groups is 1. The van der Waals surface area contributed by atoms with E-state index < -0.39 is 0 Å². The molecule has 2 aromatic rings. The molecule has 1 aromatic carbocycles. The van der Waals surface area contributed by atoms with E-state index in [0.29, 0.717) is 5.69 Å². The number of halogens is 1. The zero-order chi connectivity index (χ0) is 13.4. The lowest BCUT2D eigenvalue weighted by molar-refractivity contribution is 0.0991. The van der Waals surface area contributed by atoms with Gasteiger partial charge < -0.3 is 10.6 Å². The predicted molar refractivity (Wildman–Crippen MR) is 85.3 cm³/mol. The van der Waals surface area contributed by atoms with Gasteiger partial charge in [-0.2, -0.15) is 0 Å². The standard InChI is InChI=1S/C13H11BrN2OS2/c14-12-4-3-11(19-12)13(17)16-5-6-18-10-2-1-8(15)7-9(10)16/h1-4,7H,5-6,15H2. The third-order valence-electron chi connectivity index (χ3n) is 2.88. The van der Waals surface area contributed by atoms with Crippen LogP contribution in [0, 0.1) is 0 Å². The number of nitrogens with zero attached hydrogens (tertiary/aromatic N) is 1. The molecule has 19 heavy (non-hydrogen) atoms. The summed E-state index contributed by atoms with van der Waals surface area (Å²) in [5.41, 5.74) is 7.44. The summed E-state index contributed by atoms with van der Waals surface area (Å²) in [4.78, 5) is 16.2. The Kier molecular flexibility index (Phi) is 3.56. The van der Waals surface area contributed by atoms with Crippen molar-refractivity contribution in [3.63, 3.8) is 0 Å². The van der Waals surface area contributed by atoms with Gasteiger partial charge in [-0.05, 0) is 46.3 Å². The first kappa shape index (κ1) is 13.0. The number of hydrogen-bond donors (Lipinski definition) is 1. The van der Waals surface area contributed by atoms with Crippen LogP contribution in [0.5, 0.6) is 0 Å². The van der Waals surface area contributed by atoms with Gasteiger partial charge in [0.15, 0.2) is 0 Å². The highest BCUT2D eigenvalue weighted by molar-refractivity contribution is 9.11. The van der Waals surface area contributed by atoms with Crippen molar-refractivity contribution in [3.8, 4) is 0 Å². The maximum atomic E-state index is 12.6. The van der Waals surface area contributed by atoms with Gasteiger partial charge in [-0.15, -0.1) is 23.1 Å². The number of nitrogens with two attached hydrogens (primary N) is 1. The van der Waals surface area contributed by atoms with E-state index in [9.17, 15) is 4.79 Å². The number of anilines is 2. The van der Waals surface area contributed by atoms with Gasteiger partial charge in [-0.1, -0.05) is 0 Å². The monoisotopic (exact) mass is 354 g/mol. The highest BCUT2D eigenvalue weighted by atomic mass is 79.9. The summed E-state index contributed by atoms with van der Waals surface area (Å²) in [6.45, 7) is 0.718. The van der Waals surface area contributed by atoms with Crippen molar-refractivity contribution in [1.82, 2.24) is 0 Å². The van der Waals surface area contributed by atoms with E-state index >= 15 is 0 Å². The molecule has 0 saturated heterocycles. The molecule has 0 unspecified atom stereocenters. The van der Waals surface area contributed by atoms with E-state index in [1.807, 2.05) is 35.2 Å². The SMILES string of the molecule is Nc1ccc2c(c1)N(C(=O)c1ccc(Br)s1)CCS2. The highest BCUT2D eigenvalue weighted by Crippen LogP contribution is 2.37. The minimum absolute atomic E-state index is 0.0443. The number of thiophene rings is 1. The number of amides is 1.